The molecular weight excluding hydrogens is 362 g/mol. The molecule has 2 aliphatic heterocycles. The standard InChI is InChI=1S/C20H24ClN5O/c1-14-20(27)23-18-11-15(12-22-19(18)24(14)2)13-25-7-9-26(10-8-25)17-5-3-16(21)4-6-17/h3-6,11-12,14H,7-10,13H2,1-2H3,(H,23,27). The Kier molecular flexibility index (Phi) is 4.93. The van der Waals surface area contributed by atoms with Crippen LogP contribution in [0.25, 0.3) is 0 Å². The molecule has 0 aliphatic carbocycles. The maximum atomic E-state index is 12.1. The summed E-state index contributed by atoms with van der Waals surface area (Å²) in [7, 11) is 1.91. The van der Waals surface area contributed by atoms with Crippen molar-refractivity contribution in [1.29, 1.82) is 0 Å². The predicted molar refractivity (Wildman–Crippen MR) is 110 cm³/mol. The summed E-state index contributed by atoms with van der Waals surface area (Å²) in [5, 5.41) is 3.74. The summed E-state index contributed by atoms with van der Waals surface area (Å²) in [5.74, 6) is 0.846. The fraction of sp³-hybridized carbons (Fsp3) is 0.400. The topological polar surface area (TPSA) is 51.7 Å². The number of pyridine rings is 1. The molecule has 1 fully saturated rings. The molecular formula is C20H24ClN5O. The van der Waals surface area contributed by atoms with Gasteiger partial charge in [0.25, 0.3) is 0 Å². The third-order valence-electron chi connectivity index (χ3n) is 5.45. The van der Waals surface area contributed by atoms with Crippen LogP contribution in [0.3, 0.4) is 0 Å². The lowest BCUT2D eigenvalue weighted by Crippen LogP contribution is -2.46. The molecule has 2 aromatic rings. The second kappa shape index (κ2) is 7.37. The van der Waals surface area contributed by atoms with E-state index in [1.54, 1.807) is 0 Å². The number of hydrogen-bond donors (Lipinski definition) is 1. The first kappa shape index (κ1) is 18.1. The zero-order valence-corrected chi connectivity index (χ0v) is 16.4. The Morgan fingerprint density at radius 2 is 1.89 bits per heavy atom. The van der Waals surface area contributed by atoms with E-state index < -0.39 is 0 Å². The fourth-order valence-electron chi connectivity index (χ4n) is 3.63. The maximum Gasteiger partial charge on any atom is 0.246 e. The SMILES string of the molecule is CC1C(=O)Nc2cc(CN3CCN(c4ccc(Cl)cc4)CC3)cnc2N1C. The summed E-state index contributed by atoms with van der Waals surface area (Å²) in [6.07, 6.45) is 1.92. The molecule has 4 rings (SSSR count). The van der Waals surface area contributed by atoms with Crippen molar-refractivity contribution in [2.75, 3.05) is 48.3 Å². The Labute approximate surface area is 164 Å². The zero-order chi connectivity index (χ0) is 19.0. The number of piperazine rings is 1. The number of aromatic nitrogens is 1. The van der Waals surface area contributed by atoms with Crippen LogP contribution in [-0.4, -0.2) is 55.1 Å². The van der Waals surface area contributed by atoms with Crippen LogP contribution in [0.4, 0.5) is 17.2 Å². The van der Waals surface area contributed by atoms with Gasteiger partial charge >= 0.3 is 0 Å². The van der Waals surface area contributed by atoms with E-state index in [1.807, 2.05) is 43.3 Å². The normalized spacial score (nSPS) is 20.4. The van der Waals surface area contributed by atoms with Gasteiger partial charge in [-0.1, -0.05) is 11.6 Å². The summed E-state index contributed by atoms with van der Waals surface area (Å²) in [6, 6.07) is 9.88. The summed E-state index contributed by atoms with van der Waals surface area (Å²) in [4.78, 5) is 23.4. The van der Waals surface area contributed by atoms with Crippen LogP contribution in [-0.2, 0) is 11.3 Å². The van der Waals surface area contributed by atoms with Gasteiger partial charge in [-0.3, -0.25) is 9.69 Å². The lowest BCUT2D eigenvalue weighted by molar-refractivity contribution is -0.117. The Hall–Kier alpha value is -2.31. The second-order valence-corrected chi connectivity index (χ2v) is 7.67. The van der Waals surface area contributed by atoms with E-state index in [-0.39, 0.29) is 11.9 Å². The number of benzene rings is 1. The molecule has 2 aliphatic rings. The Bertz CT molecular complexity index is 833. The van der Waals surface area contributed by atoms with E-state index in [1.165, 1.54) is 5.69 Å². The van der Waals surface area contributed by atoms with Gasteiger partial charge in [-0.25, -0.2) is 4.98 Å². The van der Waals surface area contributed by atoms with Crippen molar-refractivity contribution in [3.8, 4) is 0 Å². The summed E-state index contributed by atoms with van der Waals surface area (Å²) in [6.45, 7) is 6.66. The summed E-state index contributed by atoms with van der Waals surface area (Å²) >= 11 is 5.98. The highest BCUT2D eigenvalue weighted by Gasteiger charge is 2.28. The first-order chi connectivity index (χ1) is 13.0. The van der Waals surface area contributed by atoms with Crippen LogP contribution >= 0.6 is 11.6 Å². The van der Waals surface area contributed by atoms with Crippen molar-refractivity contribution in [1.82, 2.24) is 9.88 Å². The molecule has 0 saturated carbocycles. The number of rotatable bonds is 3. The van der Waals surface area contributed by atoms with E-state index in [4.69, 9.17) is 11.6 Å². The average molecular weight is 386 g/mol. The van der Waals surface area contributed by atoms with Crippen LogP contribution in [0, 0.1) is 0 Å². The highest BCUT2D eigenvalue weighted by Crippen LogP contribution is 2.29. The number of halogens is 1. The third-order valence-corrected chi connectivity index (χ3v) is 5.70. The maximum absolute atomic E-state index is 12.1. The molecule has 1 aromatic heterocycles. The van der Waals surface area contributed by atoms with E-state index in [2.05, 4.69) is 32.2 Å². The minimum absolute atomic E-state index is 0.0144. The van der Waals surface area contributed by atoms with Crippen molar-refractivity contribution in [2.45, 2.75) is 19.5 Å². The van der Waals surface area contributed by atoms with Crippen molar-refractivity contribution in [3.05, 3.63) is 47.1 Å². The summed E-state index contributed by atoms with van der Waals surface area (Å²) in [5.41, 5.74) is 3.14. The second-order valence-electron chi connectivity index (χ2n) is 7.23. The fourth-order valence-corrected chi connectivity index (χ4v) is 3.76. The molecule has 1 aromatic carbocycles. The van der Waals surface area contributed by atoms with Gasteiger partial charge < -0.3 is 15.1 Å². The molecule has 1 amide bonds. The van der Waals surface area contributed by atoms with Gasteiger partial charge in [0.2, 0.25) is 5.91 Å². The largest absolute Gasteiger partial charge is 0.369 e. The number of amides is 1. The molecule has 1 N–H and O–H groups in total. The van der Waals surface area contributed by atoms with Crippen molar-refractivity contribution >= 4 is 34.7 Å². The number of hydrogen-bond acceptors (Lipinski definition) is 5. The molecule has 1 saturated heterocycles. The molecule has 1 atom stereocenters. The van der Waals surface area contributed by atoms with Crippen LogP contribution in [0.2, 0.25) is 5.02 Å². The highest BCUT2D eigenvalue weighted by atomic mass is 35.5. The zero-order valence-electron chi connectivity index (χ0n) is 15.7. The molecule has 0 spiro atoms. The van der Waals surface area contributed by atoms with Crippen molar-refractivity contribution in [2.24, 2.45) is 0 Å². The average Bonchev–Trinajstić information content (AvgIpc) is 2.67. The van der Waals surface area contributed by atoms with Gasteiger partial charge in [-0.2, -0.15) is 0 Å². The number of anilines is 3. The molecule has 6 nitrogen and oxygen atoms in total. The van der Waals surface area contributed by atoms with Gasteiger partial charge in [0.05, 0.1) is 5.69 Å². The van der Waals surface area contributed by atoms with Gasteiger partial charge in [0.15, 0.2) is 5.82 Å². The lowest BCUT2D eigenvalue weighted by Gasteiger charge is -2.36. The minimum Gasteiger partial charge on any atom is -0.369 e. The van der Waals surface area contributed by atoms with E-state index in [9.17, 15) is 4.79 Å². The number of carbonyl (C=O) groups excluding carboxylic acids is 1. The number of likely N-dealkylation sites (N-methyl/N-ethyl adjacent to an activating group) is 1. The minimum atomic E-state index is -0.197. The predicted octanol–water partition coefficient (Wildman–Crippen LogP) is 2.83. The van der Waals surface area contributed by atoms with Crippen LogP contribution in [0.15, 0.2) is 36.5 Å². The number of nitrogens with one attached hydrogen (secondary N) is 1. The molecule has 7 heteroatoms. The molecule has 0 bridgehead atoms. The number of nitrogens with zero attached hydrogens (tertiary/aromatic N) is 4. The van der Waals surface area contributed by atoms with E-state index >= 15 is 0 Å². The smallest absolute Gasteiger partial charge is 0.246 e. The first-order valence-electron chi connectivity index (χ1n) is 9.27. The Balaban J connectivity index is 1.39. The molecule has 27 heavy (non-hydrogen) atoms. The monoisotopic (exact) mass is 385 g/mol. The quantitative estimate of drug-likeness (QED) is 0.880. The number of fused-ring (bicyclic) bond motifs is 1. The van der Waals surface area contributed by atoms with Crippen LogP contribution < -0.4 is 15.1 Å². The highest BCUT2D eigenvalue weighted by molar-refractivity contribution is 6.30. The molecule has 142 valence electrons. The van der Waals surface area contributed by atoms with E-state index in [0.29, 0.717) is 0 Å². The van der Waals surface area contributed by atoms with Crippen molar-refractivity contribution < 1.29 is 4.79 Å². The van der Waals surface area contributed by atoms with Gasteiger partial charge in [0, 0.05) is 56.7 Å². The molecule has 3 heterocycles. The Morgan fingerprint density at radius 3 is 2.59 bits per heavy atom. The summed E-state index contributed by atoms with van der Waals surface area (Å²) < 4.78 is 0. The van der Waals surface area contributed by atoms with Gasteiger partial charge in [-0.15, -0.1) is 0 Å². The van der Waals surface area contributed by atoms with E-state index in [0.717, 1.165) is 54.8 Å². The lowest BCUT2D eigenvalue weighted by atomic mass is 10.1. The van der Waals surface area contributed by atoms with Crippen LogP contribution in [0.5, 0.6) is 0 Å². The van der Waals surface area contributed by atoms with Crippen molar-refractivity contribution in [3.63, 3.8) is 0 Å². The van der Waals surface area contributed by atoms with Crippen LogP contribution in [0.1, 0.15) is 12.5 Å². The number of carbonyl (C=O) groups is 1. The first-order valence-corrected chi connectivity index (χ1v) is 9.64. The molecule has 0 radical (unpaired) electrons. The third kappa shape index (κ3) is 3.73. The Morgan fingerprint density at radius 1 is 1.19 bits per heavy atom. The molecule has 1 unspecified atom stereocenters. The van der Waals surface area contributed by atoms with Gasteiger partial charge in [0.1, 0.15) is 6.04 Å². The van der Waals surface area contributed by atoms with Gasteiger partial charge in [-0.05, 0) is 42.8 Å².